The van der Waals surface area contributed by atoms with Crippen molar-refractivity contribution in [2.45, 2.75) is 32.2 Å². The SMILES string of the molecule is Cc1nc(C2CCCN2C(=O)NCCC(=O)O)cs1. The summed E-state index contributed by atoms with van der Waals surface area (Å²) in [6.07, 6.45) is 1.81. The predicted molar refractivity (Wildman–Crippen MR) is 71.2 cm³/mol. The lowest BCUT2D eigenvalue weighted by atomic mass is 10.2. The number of aliphatic carboxylic acids is 1. The number of hydrogen-bond donors (Lipinski definition) is 2. The molecule has 0 bridgehead atoms. The number of carboxylic acid groups (broad SMARTS) is 1. The van der Waals surface area contributed by atoms with E-state index in [9.17, 15) is 9.59 Å². The van der Waals surface area contributed by atoms with Gasteiger partial charge in [0.25, 0.3) is 0 Å². The summed E-state index contributed by atoms with van der Waals surface area (Å²) < 4.78 is 0. The van der Waals surface area contributed by atoms with E-state index in [4.69, 9.17) is 5.11 Å². The fourth-order valence-electron chi connectivity index (χ4n) is 2.23. The second-order valence-corrected chi connectivity index (χ2v) is 5.58. The van der Waals surface area contributed by atoms with Crippen molar-refractivity contribution in [3.8, 4) is 0 Å². The molecule has 2 amide bonds. The lowest BCUT2D eigenvalue weighted by Crippen LogP contribution is -2.40. The summed E-state index contributed by atoms with van der Waals surface area (Å²) >= 11 is 1.58. The van der Waals surface area contributed by atoms with Crippen LogP contribution in [0.5, 0.6) is 0 Å². The second kappa shape index (κ2) is 6.01. The first kappa shape index (κ1) is 13.8. The zero-order valence-corrected chi connectivity index (χ0v) is 11.6. The van der Waals surface area contributed by atoms with Crippen LogP contribution in [0.2, 0.25) is 0 Å². The summed E-state index contributed by atoms with van der Waals surface area (Å²) in [5, 5.41) is 14.2. The average Bonchev–Trinajstić information content (AvgIpc) is 2.96. The maximum atomic E-state index is 12.0. The van der Waals surface area contributed by atoms with Crippen molar-refractivity contribution >= 4 is 23.3 Å². The summed E-state index contributed by atoms with van der Waals surface area (Å²) in [6.45, 7) is 2.80. The highest BCUT2D eigenvalue weighted by atomic mass is 32.1. The number of nitrogens with one attached hydrogen (secondary N) is 1. The van der Waals surface area contributed by atoms with E-state index < -0.39 is 5.97 Å². The molecule has 6 nitrogen and oxygen atoms in total. The number of urea groups is 1. The van der Waals surface area contributed by atoms with E-state index in [1.54, 1.807) is 16.2 Å². The van der Waals surface area contributed by atoms with Crippen LogP contribution in [0.1, 0.15) is 36.0 Å². The van der Waals surface area contributed by atoms with Gasteiger partial charge in [0.2, 0.25) is 0 Å². The van der Waals surface area contributed by atoms with Gasteiger partial charge in [0, 0.05) is 18.5 Å². The minimum atomic E-state index is -0.909. The van der Waals surface area contributed by atoms with E-state index in [1.807, 2.05) is 12.3 Å². The predicted octanol–water partition coefficient (Wildman–Crippen LogP) is 1.77. The van der Waals surface area contributed by atoms with Gasteiger partial charge >= 0.3 is 12.0 Å². The van der Waals surface area contributed by atoms with E-state index in [0.29, 0.717) is 6.54 Å². The Morgan fingerprint density at radius 2 is 2.42 bits per heavy atom. The molecule has 0 saturated carbocycles. The van der Waals surface area contributed by atoms with E-state index in [1.165, 1.54) is 0 Å². The van der Waals surface area contributed by atoms with Gasteiger partial charge in [-0.05, 0) is 19.8 Å². The van der Waals surface area contributed by atoms with Crippen molar-refractivity contribution in [2.24, 2.45) is 0 Å². The van der Waals surface area contributed by atoms with Crippen LogP contribution in [0.3, 0.4) is 0 Å². The molecule has 104 valence electrons. The smallest absolute Gasteiger partial charge is 0.317 e. The summed E-state index contributed by atoms with van der Waals surface area (Å²) in [5.74, 6) is -0.909. The number of likely N-dealkylation sites (tertiary alicyclic amines) is 1. The van der Waals surface area contributed by atoms with Gasteiger partial charge in [-0.2, -0.15) is 0 Å². The van der Waals surface area contributed by atoms with Gasteiger partial charge in [-0.3, -0.25) is 4.79 Å². The zero-order valence-electron chi connectivity index (χ0n) is 10.8. The van der Waals surface area contributed by atoms with E-state index >= 15 is 0 Å². The third kappa shape index (κ3) is 3.44. The quantitative estimate of drug-likeness (QED) is 0.882. The van der Waals surface area contributed by atoms with Crippen molar-refractivity contribution in [3.05, 3.63) is 16.1 Å². The Balaban J connectivity index is 1.94. The number of rotatable bonds is 4. The third-order valence-electron chi connectivity index (χ3n) is 3.11. The number of hydrogen-bond acceptors (Lipinski definition) is 4. The molecule has 1 fully saturated rings. The monoisotopic (exact) mass is 283 g/mol. The van der Waals surface area contributed by atoms with Crippen molar-refractivity contribution in [3.63, 3.8) is 0 Å². The third-order valence-corrected chi connectivity index (χ3v) is 3.90. The number of nitrogens with zero attached hydrogens (tertiary/aromatic N) is 2. The van der Waals surface area contributed by atoms with Crippen molar-refractivity contribution < 1.29 is 14.7 Å². The highest BCUT2D eigenvalue weighted by Crippen LogP contribution is 2.32. The van der Waals surface area contributed by atoms with Gasteiger partial charge < -0.3 is 15.3 Å². The minimum Gasteiger partial charge on any atom is -0.481 e. The normalized spacial score (nSPS) is 18.6. The molecule has 2 rings (SSSR count). The fraction of sp³-hybridized carbons (Fsp3) is 0.583. The Morgan fingerprint density at radius 3 is 3.05 bits per heavy atom. The van der Waals surface area contributed by atoms with Crippen LogP contribution >= 0.6 is 11.3 Å². The average molecular weight is 283 g/mol. The Kier molecular flexibility index (Phi) is 4.36. The van der Waals surface area contributed by atoms with Crippen molar-refractivity contribution in [2.75, 3.05) is 13.1 Å². The lowest BCUT2D eigenvalue weighted by Gasteiger charge is -2.23. The Labute approximate surface area is 115 Å². The summed E-state index contributed by atoms with van der Waals surface area (Å²) in [4.78, 5) is 28.6. The van der Waals surface area contributed by atoms with Crippen LogP contribution < -0.4 is 5.32 Å². The number of aromatic nitrogens is 1. The minimum absolute atomic E-state index is 0.0229. The lowest BCUT2D eigenvalue weighted by molar-refractivity contribution is -0.136. The van der Waals surface area contributed by atoms with Gasteiger partial charge in [-0.1, -0.05) is 0 Å². The number of carboxylic acids is 1. The molecule has 0 radical (unpaired) electrons. The molecule has 1 aliphatic rings. The molecular formula is C12H17N3O3S. The molecule has 1 aromatic rings. The van der Waals surface area contributed by atoms with Gasteiger partial charge in [-0.15, -0.1) is 11.3 Å². The van der Waals surface area contributed by atoms with Crippen LogP contribution in [0.4, 0.5) is 4.79 Å². The van der Waals surface area contributed by atoms with Crippen LogP contribution in [0, 0.1) is 6.92 Å². The van der Waals surface area contributed by atoms with Crippen molar-refractivity contribution in [1.29, 1.82) is 0 Å². The largest absolute Gasteiger partial charge is 0.481 e. The number of aryl methyl sites for hydroxylation is 1. The Morgan fingerprint density at radius 1 is 1.63 bits per heavy atom. The highest BCUT2D eigenvalue weighted by Gasteiger charge is 2.31. The maximum absolute atomic E-state index is 12.0. The molecule has 1 aromatic heterocycles. The molecule has 1 unspecified atom stereocenters. The maximum Gasteiger partial charge on any atom is 0.317 e. The molecule has 1 saturated heterocycles. The molecular weight excluding hydrogens is 266 g/mol. The highest BCUT2D eigenvalue weighted by molar-refractivity contribution is 7.09. The Hall–Kier alpha value is -1.63. The van der Waals surface area contributed by atoms with Crippen LogP contribution in [-0.4, -0.2) is 40.1 Å². The molecule has 1 aliphatic heterocycles. The Bertz CT molecular complexity index is 475. The summed E-state index contributed by atoms with van der Waals surface area (Å²) in [6, 6.07) is -0.177. The zero-order chi connectivity index (χ0) is 13.8. The topological polar surface area (TPSA) is 82.5 Å². The molecule has 7 heteroatoms. The first-order chi connectivity index (χ1) is 9.08. The number of amides is 2. The van der Waals surface area contributed by atoms with Crippen molar-refractivity contribution in [1.82, 2.24) is 15.2 Å². The molecule has 1 atom stereocenters. The number of carbonyl (C=O) groups is 2. The van der Waals surface area contributed by atoms with Crippen LogP contribution in [-0.2, 0) is 4.79 Å². The molecule has 19 heavy (non-hydrogen) atoms. The first-order valence-electron chi connectivity index (χ1n) is 6.26. The van der Waals surface area contributed by atoms with E-state index in [0.717, 1.165) is 23.5 Å². The van der Waals surface area contributed by atoms with Gasteiger partial charge in [0.1, 0.15) is 0 Å². The molecule has 2 heterocycles. The second-order valence-electron chi connectivity index (χ2n) is 4.52. The first-order valence-corrected chi connectivity index (χ1v) is 7.14. The van der Waals surface area contributed by atoms with Crippen LogP contribution in [0.15, 0.2) is 5.38 Å². The van der Waals surface area contributed by atoms with Crippen LogP contribution in [0.25, 0.3) is 0 Å². The summed E-state index contributed by atoms with van der Waals surface area (Å²) in [7, 11) is 0. The molecule has 0 spiro atoms. The fourth-order valence-corrected chi connectivity index (χ4v) is 2.89. The van der Waals surface area contributed by atoms with Gasteiger partial charge in [-0.25, -0.2) is 9.78 Å². The molecule has 2 N–H and O–H groups in total. The standard InChI is InChI=1S/C12H17N3O3S/c1-8-14-9(7-19-8)10-3-2-6-15(10)12(18)13-5-4-11(16)17/h7,10H,2-6H2,1H3,(H,13,18)(H,16,17). The van der Waals surface area contributed by atoms with Gasteiger partial charge in [0.05, 0.1) is 23.2 Å². The van der Waals surface area contributed by atoms with E-state index in [2.05, 4.69) is 10.3 Å². The molecule has 0 aromatic carbocycles. The summed E-state index contributed by atoms with van der Waals surface area (Å²) in [5.41, 5.74) is 0.938. The number of carbonyl (C=O) groups excluding carboxylic acids is 1. The number of thiazole rings is 1. The molecule has 0 aliphatic carbocycles. The van der Waals surface area contributed by atoms with E-state index in [-0.39, 0.29) is 25.0 Å². The van der Waals surface area contributed by atoms with Gasteiger partial charge in [0.15, 0.2) is 0 Å².